The molecule has 0 spiro atoms. The quantitative estimate of drug-likeness (QED) is 0.773. The number of carbonyl (C=O) groups excluding carboxylic acids is 1. The van der Waals surface area contributed by atoms with Crippen LogP contribution in [0.1, 0.15) is 41.3 Å². The van der Waals surface area contributed by atoms with Crippen molar-refractivity contribution in [3.05, 3.63) is 17.5 Å². The molecular weight excluding hydrogens is 200 g/mol. The lowest BCUT2D eigenvalue weighted by Gasteiger charge is -2.08. The van der Waals surface area contributed by atoms with Crippen LogP contribution in [0.4, 0.5) is 0 Å². The highest BCUT2D eigenvalue weighted by Gasteiger charge is 2.17. The second-order valence-electron chi connectivity index (χ2n) is 3.16. The zero-order valence-electron chi connectivity index (χ0n) is 8.48. The first-order chi connectivity index (χ1) is 7.04. The summed E-state index contributed by atoms with van der Waals surface area (Å²) in [6.07, 6.45) is 0.787. The molecule has 0 aliphatic carbocycles. The van der Waals surface area contributed by atoms with Gasteiger partial charge in [0.1, 0.15) is 0 Å². The number of nitrogens with zero attached hydrogens (tertiary/aromatic N) is 1. The van der Waals surface area contributed by atoms with Crippen molar-refractivity contribution in [3.8, 4) is 0 Å². The number of carboxylic acids is 1. The molecule has 1 aromatic rings. The molecule has 6 nitrogen and oxygen atoms in total. The van der Waals surface area contributed by atoms with Gasteiger partial charge in [0, 0.05) is 12.1 Å². The Hall–Kier alpha value is -1.85. The van der Waals surface area contributed by atoms with E-state index in [0.29, 0.717) is 0 Å². The molecule has 0 bridgehead atoms. The molecule has 1 atom stereocenters. The summed E-state index contributed by atoms with van der Waals surface area (Å²) in [7, 11) is 0. The third kappa shape index (κ3) is 2.80. The molecule has 15 heavy (non-hydrogen) atoms. The van der Waals surface area contributed by atoms with Crippen molar-refractivity contribution in [2.24, 2.45) is 0 Å². The summed E-state index contributed by atoms with van der Waals surface area (Å²) in [6.45, 7) is 3.77. The lowest BCUT2D eigenvalue weighted by atomic mass is 10.2. The second-order valence-corrected chi connectivity index (χ2v) is 3.16. The minimum Gasteiger partial charge on any atom is -0.475 e. The smallest absolute Gasteiger partial charge is 0.374 e. The summed E-state index contributed by atoms with van der Waals surface area (Å²) in [5.41, 5.74) is -0.0206. The standard InChI is InChI=1S/C9H12N2O4/c1-3-5(2)10-8(12)6-4-7(9(13)14)15-11-6/h4-5H,3H2,1-2H3,(H,10,12)(H,13,14). The van der Waals surface area contributed by atoms with E-state index in [1.807, 2.05) is 13.8 Å². The maximum atomic E-state index is 11.4. The lowest BCUT2D eigenvalue weighted by molar-refractivity contribution is 0.0651. The van der Waals surface area contributed by atoms with Crippen LogP contribution in [0.15, 0.2) is 10.6 Å². The van der Waals surface area contributed by atoms with E-state index in [2.05, 4.69) is 15.0 Å². The predicted octanol–water partition coefficient (Wildman–Crippen LogP) is 0.901. The number of carbonyl (C=O) groups is 2. The van der Waals surface area contributed by atoms with Crippen LogP contribution in [-0.4, -0.2) is 28.2 Å². The van der Waals surface area contributed by atoms with Gasteiger partial charge < -0.3 is 14.9 Å². The van der Waals surface area contributed by atoms with Crippen LogP contribution in [0.3, 0.4) is 0 Å². The predicted molar refractivity (Wildman–Crippen MR) is 50.7 cm³/mol. The van der Waals surface area contributed by atoms with Gasteiger partial charge in [0.05, 0.1) is 0 Å². The van der Waals surface area contributed by atoms with Gasteiger partial charge in [-0.1, -0.05) is 12.1 Å². The average molecular weight is 212 g/mol. The molecular formula is C9H12N2O4. The first-order valence-electron chi connectivity index (χ1n) is 4.55. The van der Waals surface area contributed by atoms with Crippen molar-refractivity contribution >= 4 is 11.9 Å². The Bertz CT molecular complexity index is 372. The minimum atomic E-state index is -1.25. The Kier molecular flexibility index (Phi) is 3.43. The van der Waals surface area contributed by atoms with Crippen LogP contribution in [0, 0.1) is 0 Å². The molecule has 1 aromatic heterocycles. The fraction of sp³-hybridized carbons (Fsp3) is 0.444. The average Bonchev–Trinajstić information content (AvgIpc) is 2.66. The van der Waals surface area contributed by atoms with Crippen LogP contribution in [0.5, 0.6) is 0 Å². The molecule has 1 heterocycles. The fourth-order valence-corrected chi connectivity index (χ4v) is 0.883. The van der Waals surface area contributed by atoms with E-state index in [0.717, 1.165) is 12.5 Å². The van der Waals surface area contributed by atoms with E-state index in [1.165, 1.54) is 0 Å². The molecule has 0 fully saturated rings. The zero-order valence-corrected chi connectivity index (χ0v) is 8.48. The number of hydrogen-bond donors (Lipinski definition) is 2. The number of hydrogen-bond acceptors (Lipinski definition) is 4. The molecule has 0 aliphatic heterocycles. The molecule has 82 valence electrons. The van der Waals surface area contributed by atoms with Crippen molar-refractivity contribution in [3.63, 3.8) is 0 Å². The normalized spacial score (nSPS) is 12.1. The van der Waals surface area contributed by atoms with E-state index in [4.69, 9.17) is 5.11 Å². The van der Waals surface area contributed by atoms with Gasteiger partial charge in [-0.25, -0.2) is 4.79 Å². The summed E-state index contributed by atoms with van der Waals surface area (Å²) >= 11 is 0. The number of rotatable bonds is 4. The highest BCUT2D eigenvalue weighted by molar-refractivity contribution is 5.94. The number of aromatic nitrogens is 1. The van der Waals surface area contributed by atoms with Crippen LogP contribution >= 0.6 is 0 Å². The molecule has 0 saturated heterocycles. The van der Waals surface area contributed by atoms with Crippen LogP contribution < -0.4 is 5.32 Å². The summed E-state index contributed by atoms with van der Waals surface area (Å²) in [5.74, 6) is -2.02. The van der Waals surface area contributed by atoms with Gasteiger partial charge >= 0.3 is 5.97 Å². The lowest BCUT2D eigenvalue weighted by Crippen LogP contribution is -2.32. The molecule has 1 amide bonds. The largest absolute Gasteiger partial charge is 0.475 e. The van der Waals surface area contributed by atoms with Crippen molar-refractivity contribution in [2.75, 3.05) is 0 Å². The Morgan fingerprint density at radius 1 is 1.67 bits per heavy atom. The summed E-state index contributed by atoms with van der Waals surface area (Å²) in [6, 6.07) is 1.11. The third-order valence-electron chi connectivity index (χ3n) is 1.94. The summed E-state index contributed by atoms with van der Waals surface area (Å²) < 4.78 is 4.45. The molecule has 6 heteroatoms. The highest BCUT2D eigenvalue weighted by atomic mass is 16.5. The molecule has 0 aliphatic rings. The van der Waals surface area contributed by atoms with Gasteiger partial charge in [-0.05, 0) is 13.3 Å². The topological polar surface area (TPSA) is 92.4 Å². The van der Waals surface area contributed by atoms with Gasteiger partial charge in [-0.15, -0.1) is 0 Å². The van der Waals surface area contributed by atoms with Crippen molar-refractivity contribution in [1.82, 2.24) is 10.5 Å². The molecule has 0 radical (unpaired) electrons. The van der Waals surface area contributed by atoms with Crippen molar-refractivity contribution in [2.45, 2.75) is 26.3 Å². The Morgan fingerprint density at radius 3 is 2.80 bits per heavy atom. The maximum absolute atomic E-state index is 11.4. The zero-order chi connectivity index (χ0) is 11.4. The van der Waals surface area contributed by atoms with Crippen molar-refractivity contribution in [1.29, 1.82) is 0 Å². The minimum absolute atomic E-state index is 0.0162. The van der Waals surface area contributed by atoms with Crippen LogP contribution in [-0.2, 0) is 0 Å². The first kappa shape index (κ1) is 11.2. The van der Waals surface area contributed by atoms with E-state index >= 15 is 0 Å². The molecule has 1 rings (SSSR count). The summed E-state index contributed by atoms with van der Waals surface area (Å²) in [4.78, 5) is 21.9. The van der Waals surface area contributed by atoms with Gasteiger partial charge in [-0.3, -0.25) is 4.79 Å². The number of carboxylic acid groups (broad SMARTS) is 1. The summed E-state index contributed by atoms with van der Waals surface area (Å²) in [5, 5.41) is 14.5. The third-order valence-corrected chi connectivity index (χ3v) is 1.94. The van der Waals surface area contributed by atoms with Gasteiger partial charge in [0.15, 0.2) is 5.69 Å². The van der Waals surface area contributed by atoms with Gasteiger partial charge in [0.2, 0.25) is 5.76 Å². The van der Waals surface area contributed by atoms with E-state index in [1.54, 1.807) is 0 Å². The Balaban J connectivity index is 2.70. The SMILES string of the molecule is CCC(C)NC(=O)c1cc(C(=O)O)on1. The maximum Gasteiger partial charge on any atom is 0.374 e. The fourth-order valence-electron chi connectivity index (χ4n) is 0.883. The van der Waals surface area contributed by atoms with Gasteiger partial charge in [0.25, 0.3) is 5.91 Å². The van der Waals surface area contributed by atoms with E-state index in [-0.39, 0.29) is 17.5 Å². The molecule has 0 aromatic carbocycles. The molecule has 0 saturated carbocycles. The molecule has 2 N–H and O–H groups in total. The monoisotopic (exact) mass is 212 g/mol. The second kappa shape index (κ2) is 4.59. The van der Waals surface area contributed by atoms with Crippen molar-refractivity contribution < 1.29 is 19.2 Å². The highest BCUT2D eigenvalue weighted by Crippen LogP contribution is 2.04. The number of nitrogens with one attached hydrogen (secondary N) is 1. The molecule has 1 unspecified atom stereocenters. The van der Waals surface area contributed by atoms with Crippen LogP contribution in [0.25, 0.3) is 0 Å². The Labute approximate surface area is 86.3 Å². The number of amides is 1. The Morgan fingerprint density at radius 2 is 2.33 bits per heavy atom. The first-order valence-corrected chi connectivity index (χ1v) is 4.55. The van der Waals surface area contributed by atoms with Gasteiger partial charge in [-0.2, -0.15) is 0 Å². The van der Waals surface area contributed by atoms with Crippen LogP contribution in [0.2, 0.25) is 0 Å². The number of aromatic carboxylic acids is 1. The van der Waals surface area contributed by atoms with E-state index in [9.17, 15) is 9.59 Å². The van der Waals surface area contributed by atoms with E-state index < -0.39 is 11.9 Å².